The molecule has 19 heavy (non-hydrogen) atoms. The van der Waals surface area contributed by atoms with Crippen molar-refractivity contribution in [2.75, 3.05) is 6.61 Å². The minimum Gasteiger partial charge on any atom is -0.376 e. The molecule has 2 aromatic carbocycles. The van der Waals surface area contributed by atoms with E-state index >= 15 is 0 Å². The molecule has 1 aliphatic rings. The first-order valence-corrected chi connectivity index (χ1v) is 6.78. The number of benzene rings is 2. The van der Waals surface area contributed by atoms with Crippen LogP contribution >= 0.6 is 0 Å². The van der Waals surface area contributed by atoms with Crippen molar-refractivity contribution in [1.82, 2.24) is 0 Å². The third-order valence-electron chi connectivity index (χ3n) is 3.16. The van der Waals surface area contributed by atoms with Gasteiger partial charge in [0.25, 0.3) is 0 Å². The van der Waals surface area contributed by atoms with Gasteiger partial charge >= 0.3 is 0 Å². The molecule has 0 bridgehead atoms. The molecule has 1 nitrogen and oxygen atoms in total. The Hall–Kier alpha value is -1.67. The average Bonchev–Trinajstić information content (AvgIpc) is 2.49. The van der Waals surface area contributed by atoms with Crippen LogP contribution in [0.5, 0.6) is 0 Å². The predicted octanol–water partition coefficient (Wildman–Crippen LogP) is 4.59. The Labute approximate surface area is 114 Å². The second-order valence-electron chi connectivity index (χ2n) is 4.29. The van der Waals surface area contributed by atoms with Gasteiger partial charge in [-0.05, 0) is 40.8 Å². The summed E-state index contributed by atoms with van der Waals surface area (Å²) in [5.41, 5.74) is 4.81. The van der Waals surface area contributed by atoms with Gasteiger partial charge in [-0.2, -0.15) is 0 Å². The molecule has 2 aromatic rings. The van der Waals surface area contributed by atoms with Crippen molar-refractivity contribution in [1.29, 1.82) is 0 Å². The van der Waals surface area contributed by atoms with Gasteiger partial charge in [0.2, 0.25) is 0 Å². The van der Waals surface area contributed by atoms with Crippen LogP contribution in [0.25, 0.3) is 11.1 Å². The fraction of sp³-hybridized carbons (Fsp3) is 0.294. The van der Waals surface area contributed by atoms with E-state index in [-0.39, 0.29) is 5.82 Å². The highest BCUT2D eigenvalue weighted by molar-refractivity contribution is 5.65. The molecule has 0 saturated heterocycles. The molecule has 0 fully saturated rings. The Morgan fingerprint density at radius 3 is 2.32 bits per heavy atom. The lowest BCUT2D eigenvalue weighted by Gasteiger charge is -2.17. The van der Waals surface area contributed by atoms with E-state index in [1.54, 1.807) is 0 Å². The maximum atomic E-state index is 12.9. The van der Waals surface area contributed by atoms with Crippen molar-refractivity contribution in [3.05, 3.63) is 59.4 Å². The molecule has 0 saturated carbocycles. The maximum Gasteiger partial charge on any atom is 0.123 e. The van der Waals surface area contributed by atoms with Crippen LogP contribution < -0.4 is 0 Å². The van der Waals surface area contributed by atoms with E-state index in [1.165, 1.54) is 23.3 Å². The molecule has 3 rings (SSSR count). The quantitative estimate of drug-likeness (QED) is 0.727. The van der Waals surface area contributed by atoms with Crippen molar-refractivity contribution in [3.63, 3.8) is 0 Å². The van der Waals surface area contributed by atoms with Gasteiger partial charge in [0, 0.05) is 0 Å². The molecule has 0 unspecified atom stereocenters. The summed E-state index contributed by atoms with van der Waals surface area (Å²) in [6.45, 7) is 5.50. The molecular formula is C17H19FO. The molecular weight excluding hydrogens is 239 g/mol. The van der Waals surface area contributed by atoms with E-state index < -0.39 is 0 Å². The SMILES string of the molecule is CC.Fc1ccc(-c2ccc3c(c2)CCOC3)cc1. The smallest absolute Gasteiger partial charge is 0.123 e. The first-order chi connectivity index (χ1) is 9.33. The average molecular weight is 258 g/mol. The molecule has 0 N–H and O–H groups in total. The molecule has 1 aliphatic heterocycles. The van der Waals surface area contributed by atoms with Gasteiger partial charge in [-0.25, -0.2) is 4.39 Å². The molecule has 100 valence electrons. The first-order valence-electron chi connectivity index (χ1n) is 6.78. The predicted molar refractivity (Wildman–Crippen MR) is 76.5 cm³/mol. The number of ether oxygens (including phenoxy) is 1. The van der Waals surface area contributed by atoms with Gasteiger partial charge < -0.3 is 4.74 Å². The highest BCUT2D eigenvalue weighted by Gasteiger charge is 2.10. The number of hydrogen-bond donors (Lipinski definition) is 0. The Morgan fingerprint density at radius 1 is 0.895 bits per heavy atom. The maximum absolute atomic E-state index is 12.9. The van der Waals surface area contributed by atoms with Gasteiger partial charge in [-0.3, -0.25) is 0 Å². The topological polar surface area (TPSA) is 9.23 Å². The number of hydrogen-bond acceptors (Lipinski definition) is 1. The van der Waals surface area contributed by atoms with E-state index in [1.807, 2.05) is 26.0 Å². The van der Waals surface area contributed by atoms with Crippen molar-refractivity contribution in [2.45, 2.75) is 26.9 Å². The van der Waals surface area contributed by atoms with Crippen molar-refractivity contribution in [3.8, 4) is 11.1 Å². The van der Waals surface area contributed by atoms with Crippen LogP contribution in [0.1, 0.15) is 25.0 Å². The number of fused-ring (bicyclic) bond motifs is 1. The Balaban J connectivity index is 0.000000637. The summed E-state index contributed by atoms with van der Waals surface area (Å²) in [4.78, 5) is 0. The van der Waals surface area contributed by atoms with Gasteiger partial charge in [0.05, 0.1) is 13.2 Å². The summed E-state index contributed by atoms with van der Waals surface area (Å²) >= 11 is 0. The first kappa shape index (κ1) is 13.8. The van der Waals surface area contributed by atoms with E-state index in [9.17, 15) is 4.39 Å². The molecule has 0 aliphatic carbocycles. The second-order valence-corrected chi connectivity index (χ2v) is 4.29. The zero-order valence-corrected chi connectivity index (χ0v) is 11.4. The van der Waals surface area contributed by atoms with Crippen LogP contribution in [0, 0.1) is 5.82 Å². The summed E-state index contributed by atoms with van der Waals surface area (Å²) in [6, 6.07) is 13.0. The van der Waals surface area contributed by atoms with E-state index in [4.69, 9.17) is 4.74 Å². The van der Waals surface area contributed by atoms with Gasteiger partial charge in [-0.15, -0.1) is 0 Å². The lowest BCUT2D eigenvalue weighted by Crippen LogP contribution is -2.09. The fourth-order valence-electron chi connectivity index (χ4n) is 2.19. The third-order valence-corrected chi connectivity index (χ3v) is 3.16. The van der Waals surface area contributed by atoms with E-state index in [0.29, 0.717) is 6.61 Å². The van der Waals surface area contributed by atoms with Crippen LogP contribution in [0.3, 0.4) is 0 Å². The summed E-state index contributed by atoms with van der Waals surface area (Å²) in [7, 11) is 0. The van der Waals surface area contributed by atoms with E-state index in [2.05, 4.69) is 18.2 Å². The highest BCUT2D eigenvalue weighted by atomic mass is 19.1. The zero-order chi connectivity index (χ0) is 13.7. The van der Waals surface area contributed by atoms with Gasteiger partial charge in [0.15, 0.2) is 0 Å². The Bertz CT molecular complexity index is 531. The normalized spacial score (nSPS) is 13.2. The molecule has 0 spiro atoms. The van der Waals surface area contributed by atoms with Crippen LogP contribution in [-0.4, -0.2) is 6.61 Å². The minimum absolute atomic E-state index is 0.194. The van der Waals surface area contributed by atoms with Gasteiger partial charge in [0.1, 0.15) is 5.82 Å². The molecule has 0 aromatic heterocycles. The third kappa shape index (κ3) is 3.21. The van der Waals surface area contributed by atoms with Crippen LogP contribution in [-0.2, 0) is 17.8 Å². The monoisotopic (exact) mass is 258 g/mol. The van der Waals surface area contributed by atoms with E-state index in [0.717, 1.165) is 24.2 Å². The van der Waals surface area contributed by atoms with Crippen LogP contribution in [0.15, 0.2) is 42.5 Å². The standard InChI is InChI=1S/C15H13FO.C2H6/c16-15-5-3-11(4-6-15)12-1-2-14-10-17-8-7-13(14)9-12;1-2/h1-6,9H,7-8,10H2;1-2H3. The summed E-state index contributed by atoms with van der Waals surface area (Å²) in [5.74, 6) is -0.194. The van der Waals surface area contributed by atoms with Crippen molar-refractivity contribution >= 4 is 0 Å². The molecule has 0 radical (unpaired) electrons. The molecule has 2 heteroatoms. The lowest BCUT2D eigenvalue weighted by atomic mass is 9.97. The fourth-order valence-corrected chi connectivity index (χ4v) is 2.19. The summed E-state index contributed by atoms with van der Waals surface area (Å²) in [6.07, 6.45) is 0.963. The summed E-state index contributed by atoms with van der Waals surface area (Å²) < 4.78 is 18.3. The molecule has 0 amide bonds. The van der Waals surface area contributed by atoms with Crippen LogP contribution in [0.2, 0.25) is 0 Å². The zero-order valence-electron chi connectivity index (χ0n) is 11.4. The summed E-state index contributed by atoms with van der Waals surface area (Å²) in [5, 5.41) is 0. The van der Waals surface area contributed by atoms with Crippen LogP contribution in [0.4, 0.5) is 4.39 Å². The number of rotatable bonds is 1. The van der Waals surface area contributed by atoms with Crippen molar-refractivity contribution < 1.29 is 9.13 Å². The molecule has 0 atom stereocenters. The molecule has 1 heterocycles. The van der Waals surface area contributed by atoms with Gasteiger partial charge in [-0.1, -0.05) is 44.2 Å². The highest BCUT2D eigenvalue weighted by Crippen LogP contribution is 2.25. The largest absolute Gasteiger partial charge is 0.376 e. The minimum atomic E-state index is -0.194. The van der Waals surface area contributed by atoms with Crippen molar-refractivity contribution in [2.24, 2.45) is 0 Å². The second kappa shape index (κ2) is 6.48. The Morgan fingerprint density at radius 2 is 1.58 bits per heavy atom. The Kier molecular flexibility index (Phi) is 4.69. The number of halogens is 1. The lowest BCUT2D eigenvalue weighted by molar-refractivity contribution is 0.111.